The highest BCUT2D eigenvalue weighted by molar-refractivity contribution is 5.75. The monoisotopic (exact) mass is 260 g/mol. The van der Waals surface area contributed by atoms with E-state index in [1.165, 1.54) is 19.3 Å². The van der Waals surface area contributed by atoms with Crippen molar-refractivity contribution in [3.05, 3.63) is 42.0 Å². The van der Waals surface area contributed by atoms with Crippen molar-refractivity contribution in [2.24, 2.45) is 0 Å². The van der Waals surface area contributed by atoms with Crippen LogP contribution < -0.4 is 0 Å². The van der Waals surface area contributed by atoms with E-state index in [0.717, 1.165) is 24.7 Å². The number of hydrogen-bond donors (Lipinski definition) is 0. The maximum atomic E-state index is 10.6. The van der Waals surface area contributed by atoms with Crippen LogP contribution in [0, 0.1) is 0 Å². The number of hydrogen-bond acceptors (Lipinski definition) is 2. The maximum absolute atomic E-state index is 10.6. The largest absolute Gasteiger partial charge is 0.490 e. The summed E-state index contributed by atoms with van der Waals surface area (Å²) in [5.41, 5.74) is 1.62. The van der Waals surface area contributed by atoms with E-state index in [0.29, 0.717) is 11.3 Å². The Morgan fingerprint density at radius 2 is 1.95 bits per heavy atom. The smallest absolute Gasteiger partial charge is 0.150 e. The number of unbranched alkanes of at least 4 members (excludes halogenated alkanes) is 2. The third-order valence-electron chi connectivity index (χ3n) is 3.26. The Bertz CT molecular complexity index is 392. The summed E-state index contributed by atoms with van der Waals surface area (Å²) in [7, 11) is 0. The molecule has 2 heteroatoms. The summed E-state index contributed by atoms with van der Waals surface area (Å²) >= 11 is 0. The van der Waals surface area contributed by atoms with E-state index >= 15 is 0 Å². The van der Waals surface area contributed by atoms with Gasteiger partial charge in [-0.3, -0.25) is 4.79 Å². The Kier molecular flexibility index (Phi) is 6.94. The first-order chi connectivity index (χ1) is 9.21. The van der Waals surface area contributed by atoms with Crippen LogP contribution in [0.4, 0.5) is 0 Å². The molecule has 0 radical (unpaired) electrons. The third-order valence-corrected chi connectivity index (χ3v) is 3.26. The predicted molar refractivity (Wildman–Crippen MR) is 80.2 cm³/mol. The van der Waals surface area contributed by atoms with Crippen LogP contribution in [0.3, 0.4) is 0 Å². The lowest BCUT2D eigenvalue weighted by Crippen LogP contribution is -2.10. The number of carbonyl (C=O) groups excluding carboxylic acids is 1. The van der Waals surface area contributed by atoms with Gasteiger partial charge in [-0.2, -0.15) is 0 Å². The average molecular weight is 260 g/mol. The van der Waals surface area contributed by atoms with Crippen molar-refractivity contribution in [1.82, 2.24) is 0 Å². The van der Waals surface area contributed by atoms with Crippen molar-refractivity contribution >= 4 is 12.0 Å². The second-order valence-electron chi connectivity index (χ2n) is 4.81. The first kappa shape index (κ1) is 15.5. The van der Waals surface area contributed by atoms with Gasteiger partial charge in [-0.05, 0) is 19.3 Å². The fourth-order valence-corrected chi connectivity index (χ4v) is 1.99. The van der Waals surface area contributed by atoms with E-state index < -0.39 is 0 Å². The van der Waals surface area contributed by atoms with E-state index in [4.69, 9.17) is 4.74 Å². The summed E-state index contributed by atoms with van der Waals surface area (Å²) in [5.74, 6) is 0.695. The molecular weight excluding hydrogens is 236 g/mol. The molecule has 1 atom stereocenters. The van der Waals surface area contributed by atoms with Gasteiger partial charge in [0.15, 0.2) is 0 Å². The van der Waals surface area contributed by atoms with E-state index in [9.17, 15) is 4.79 Å². The van der Waals surface area contributed by atoms with Crippen molar-refractivity contribution in [1.29, 1.82) is 0 Å². The van der Waals surface area contributed by atoms with Gasteiger partial charge in [0.2, 0.25) is 0 Å². The van der Waals surface area contributed by atoms with Gasteiger partial charge in [-0.15, -0.1) is 0 Å². The van der Waals surface area contributed by atoms with Crippen molar-refractivity contribution in [3.63, 3.8) is 0 Å². The molecule has 0 aromatic heterocycles. The Hall–Kier alpha value is -1.57. The molecule has 104 valence electrons. The van der Waals surface area contributed by atoms with E-state index in [1.54, 1.807) is 12.1 Å². The number of rotatable bonds is 9. The minimum absolute atomic E-state index is 0.241. The number of ether oxygens (including phenoxy) is 1. The number of aldehydes is 1. The molecule has 0 bridgehead atoms. The third kappa shape index (κ3) is 5.29. The number of benzene rings is 1. The molecule has 0 aliphatic heterocycles. The van der Waals surface area contributed by atoms with Crippen LogP contribution in [0.1, 0.15) is 61.9 Å². The van der Waals surface area contributed by atoms with Crippen molar-refractivity contribution in [3.8, 4) is 0 Å². The van der Waals surface area contributed by atoms with E-state index in [2.05, 4.69) is 20.4 Å². The van der Waals surface area contributed by atoms with Gasteiger partial charge >= 0.3 is 0 Å². The molecule has 0 saturated heterocycles. The Morgan fingerprint density at radius 1 is 1.26 bits per heavy atom. The molecule has 1 aromatic carbocycles. The highest BCUT2D eigenvalue weighted by Gasteiger charge is 2.09. The molecule has 0 saturated carbocycles. The lowest BCUT2D eigenvalue weighted by Gasteiger charge is -2.19. The Balaban J connectivity index is 2.53. The van der Waals surface area contributed by atoms with Crippen LogP contribution in [0.2, 0.25) is 0 Å². The Labute approximate surface area is 116 Å². The van der Waals surface area contributed by atoms with Crippen LogP contribution in [0.25, 0.3) is 5.76 Å². The molecule has 0 amide bonds. The molecule has 0 aliphatic carbocycles. The summed E-state index contributed by atoms with van der Waals surface area (Å²) in [6.07, 6.45) is 6.83. The molecule has 0 heterocycles. The molecule has 1 rings (SSSR count). The molecule has 19 heavy (non-hydrogen) atoms. The zero-order chi connectivity index (χ0) is 14.1. The summed E-state index contributed by atoms with van der Waals surface area (Å²) in [6, 6.07) is 7.33. The summed E-state index contributed by atoms with van der Waals surface area (Å²) < 4.78 is 5.92. The van der Waals surface area contributed by atoms with Crippen LogP contribution >= 0.6 is 0 Å². The predicted octanol–water partition coefficient (Wildman–Crippen LogP) is 4.85. The lowest BCUT2D eigenvalue weighted by atomic mass is 10.1. The van der Waals surface area contributed by atoms with E-state index in [-0.39, 0.29) is 6.10 Å². The fraction of sp³-hybridized carbons (Fsp3) is 0.471. The molecular formula is C17H24O2. The first-order valence-corrected chi connectivity index (χ1v) is 7.12. The fourth-order valence-electron chi connectivity index (χ4n) is 1.99. The normalized spacial score (nSPS) is 11.9. The molecule has 0 aliphatic rings. The van der Waals surface area contributed by atoms with Gasteiger partial charge in [0.25, 0.3) is 0 Å². The van der Waals surface area contributed by atoms with Crippen LogP contribution in [0.5, 0.6) is 0 Å². The standard InChI is InChI=1S/C17H24O2/c1-4-6-7-8-17(5-2)19-14(3)16-11-9-15(13-18)10-12-16/h9-13,17H,3-8H2,1-2H3. The quantitative estimate of drug-likeness (QED) is 0.360. The zero-order valence-electron chi connectivity index (χ0n) is 12.0. The zero-order valence-corrected chi connectivity index (χ0v) is 12.0. The van der Waals surface area contributed by atoms with E-state index in [1.807, 2.05) is 12.1 Å². The minimum atomic E-state index is 0.241. The van der Waals surface area contributed by atoms with Crippen LogP contribution in [-0.2, 0) is 4.74 Å². The second kappa shape index (κ2) is 8.52. The first-order valence-electron chi connectivity index (χ1n) is 7.12. The highest BCUT2D eigenvalue weighted by atomic mass is 16.5. The summed E-state index contributed by atoms with van der Waals surface area (Å²) in [4.78, 5) is 10.6. The Morgan fingerprint density at radius 3 is 2.47 bits per heavy atom. The highest BCUT2D eigenvalue weighted by Crippen LogP contribution is 2.20. The van der Waals surface area contributed by atoms with Crippen LogP contribution in [-0.4, -0.2) is 12.4 Å². The lowest BCUT2D eigenvalue weighted by molar-refractivity contribution is 0.112. The molecule has 0 spiro atoms. The van der Waals surface area contributed by atoms with Gasteiger partial charge in [-0.1, -0.05) is 57.5 Å². The SMILES string of the molecule is C=C(OC(CC)CCCCC)c1ccc(C=O)cc1. The van der Waals surface area contributed by atoms with Gasteiger partial charge in [0.1, 0.15) is 12.0 Å². The van der Waals surface area contributed by atoms with Crippen molar-refractivity contribution < 1.29 is 9.53 Å². The molecule has 0 N–H and O–H groups in total. The summed E-state index contributed by atoms with van der Waals surface area (Å²) in [5, 5.41) is 0. The van der Waals surface area contributed by atoms with Crippen molar-refractivity contribution in [2.75, 3.05) is 0 Å². The van der Waals surface area contributed by atoms with Gasteiger partial charge in [0.05, 0.1) is 6.10 Å². The number of carbonyl (C=O) groups is 1. The molecule has 1 unspecified atom stereocenters. The molecule has 1 aromatic rings. The second-order valence-corrected chi connectivity index (χ2v) is 4.81. The van der Waals surface area contributed by atoms with Gasteiger partial charge < -0.3 is 4.74 Å². The van der Waals surface area contributed by atoms with Crippen LogP contribution in [0.15, 0.2) is 30.8 Å². The van der Waals surface area contributed by atoms with Crippen molar-refractivity contribution in [2.45, 2.75) is 52.1 Å². The average Bonchev–Trinajstić information content (AvgIpc) is 2.46. The molecule has 0 fully saturated rings. The molecule has 2 nitrogen and oxygen atoms in total. The topological polar surface area (TPSA) is 26.3 Å². The van der Waals surface area contributed by atoms with Gasteiger partial charge in [-0.25, -0.2) is 0 Å². The maximum Gasteiger partial charge on any atom is 0.150 e. The summed E-state index contributed by atoms with van der Waals surface area (Å²) in [6.45, 7) is 8.33. The van der Waals surface area contributed by atoms with Gasteiger partial charge in [0, 0.05) is 11.1 Å². The minimum Gasteiger partial charge on any atom is -0.490 e.